The van der Waals surface area contributed by atoms with Crippen LogP contribution in [0.25, 0.3) is 0 Å². The zero-order chi connectivity index (χ0) is 17.1. The number of aryl methyl sites for hydroxylation is 1. The summed E-state index contributed by atoms with van der Waals surface area (Å²) < 4.78 is 5.51. The molecule has 1 aromatic carbocycles. The van der Waals surface area contributed by atoms with E-state index < -0.39 is 0 Å². The van der Waals surface area contributed by atoms with Gasteiger partial charge >= 0.3 is 0 Å². The van der Waals surface area contributed by atoms with Crippen LogP contribution in [0.4, 0.5) is 5.82 Å². The molecular weight excluding hydrogens is 312 g/mol. The van der Waals surface area contributed by atoms with E-state index in [0.717, 1.165) is 49.9 Å². The molecule has 1 aromatic heterocycles. The third kappa shape index (κ3) is 3.83. The molecular formula is C20H26N4O. The van der Waals surface area contributed by atoms with E-state index >= 15 is 0 Å². The summed E-state index contributed by atoms with van der Waals surface area (Å²) in [6.07, 6.45) is 3.46. The number of hydrogen-bond donors (Lipinski definition) is 1. The lowest BCUT2D eigenvalue weighted by Crippen LogP contribution is -2.50. The van der Waals surface area contributed by atoms with Crippen molar-refractivity contribution in [1.82, 2.24) is 14.9 Å². The van der Waals surface area contributed by atoms with Crippen molar-refractivity contribution in [2.75, 3.05) is 25.1 Å². The molecule has 0 spiro atoms. The standard InChI is InChI=1S/C20H26N4O/c1-15-22-18(19-7-10-24(19)17-8-11-25-12-9-17)13-20(23-15)21-14-16-5-3-2-4-6-16/h2-6,13,17,19H,7-12,14H2,1H3,(H,21,22,23). The average Bonchev–Trinajstić information content (AvgIpc) is 2.60. The molecule has 2 aliphatic heterocycles. The summed E-state index contributed by atoms with van der Waals surface area (Å²) in [5, 5.41) is 3.45. The molecule has 2 aromatic rings. The van der Waals surface area contributed by atoms with Crippen molar-refractivity contribution < 1.29 is 4.74 Å². The molecule has 3 heterocycles. The van der Waals surface area contributed by atoms with Crippen molar-refractivity contribution in [3.63, 3.8) is 0 Å². The van der Waals surface area contributed by atoms with E-state index in [1.807, 2.05) is 13.0 Å². The molecule has 5 heteroatoms. The highest BCUT2D eigenvalue weighted by Gasteiger charge is 2.36. The fourth-order valence-corrected chi connectivity index (χ4v) is 3.82. The Balaban J connectivity index is 1.45. The zero-order valence-electron chi connectivity index (χ0n) is 14.8. The van der Waals surface area contributed by atoms with Gasteiger partial charge in [0, 0.05) is 38.4 Å². The molecule has 0 radical (unpaired) electrons. The topological polar surface area (TPSA) is 50.3 Å². The Morgan fingerprint density at radius 2 is 1.92 bits per heavy atom. The van der Waals surface area contributed by atoms with Gasteiger partial charge in [-0.1, -0.05) is 30.3 Å². The maximum Gasteiger partial charge on any atom is 0.130 e. The molecule has 132 valence electrons. The molecule has 0 amide bonds. The molecule has 0 saturated carbocycles. The maximum absolute atomic E-state index is 5.51. The smallest absolute Gasteiger partial charge is 0.130 e. The van der Waals surface area contributed by atoms with Crippen molar-refractivity contribution >= 4 is 5.82 Å². The van der Waals surface area contributed by atoms with Gasteiger partial charge in [-0.05, 0) is 31.7 Å². The van der Waals surface area contributed by atoms with Gasteiger partial charge in [-0.15, -0.1) is 0 Å². The highest BCUT2D eigenvalue weighted by atomic mass is 16.5. The minimum atomic E-state index is 0.432. The van der Waals surface area contributed by atoms with Crippen LogP contribution in [0.5, 0.6) is 0 Å². The van der Waals surface area contributed by atoms with Crippen LogP contribution in [-0.2, 0) is 11.3 Å². The molecule has 25 heavy (non-hydrogen) atoms. The predicted octanol–water partition coefficient (Wildman–Crippen LogP) is 3.32. The fraction of sp³-hybridized carbons (Fsp3) is 0.500. The Bertz CT molecular complexity index is 700. The monoisotopic (exact) mass is 338 g/mol. The SMILES string of the molecule is Cc1nc(NCc2ccccc2)cc(C2CCN2C2CCOCC2)n1. The molecule has 0 aliphatic carbocycles. The van der Waals surface area contributed by atoms with Gasteiger partial charge in [-0.2, -0.15) is 0 Å². The molecule has 1 unspecified atom stereocenters. The van der Waals surface area contributed by atoms with E-state index in [2.05, 4.69) is 45.5 Å². The maximum atomic E-state index is 5.51. The van der Waals surface area contributed by atoms with Crippen LogP contribution in [0.15, 0.2) is 36.4 Å². The molecule has 4 rings (SSSR count). The van der Waals surface area contributed by atoms with Gasteiger partial charge in [-0.3, -0.25) is 4.90 Å². The summed E-state index contributed by atoms with van der Waals surface area (Å²) in [6.45, 7) is 5.71. The third-order valence-electron chi connectivity index (χ3n) is 5.24. The predicted molar refractivity (Wildman–Crippen MR) is 98.4 cm³/mol. The minimum Gasteiger partial charge on any atom is -0.381 e. The van der Waals surface area contributed by atoms with Crippen molar-refractivity contribution in [2.45, 2.75) is 44.8 Å². The van der Waals surface area contributed by atoms with Crippen molar-refractivity contribution in [2.24, 2.45) is 0 Å². The number of nitrogens with zero attached hydrogens (tertiary/aromatic N) is 3. The van der Waals surface area contributed by atoms with E-state index in [1.54, 1.807) is 0 Å². The van der Waals surface area contributed by atoms with Crippen LogP contribution in [-0.4, -0.2) is 40.7 Å². The Labute approximate surface area is 149 Å². The van der Waals surface area contributed by atoms with Gasteiger partial charge < -0.3 is 10.1 Å². The van der Waals surface area contributed by atoms with Gasteiger partial charge in [0.05, 0.1) is 11.7 Å². The lowest BCUT2D eigenvalue weighted by Gasteiger charge is -2.47. The third-order valence-corrected chi connectivity index (χ3v) is 5.24. The highest BCUT2D eigenvalue weighted by molar-refractivity contribution is 5.38. The van der Waals surface area contributed by atoms with E-state index in [9.17, 15) is 0 Å². The number of rotatable bonds is 5. The number of nitrogens with one attached hydrogen (secondary N) is 1. The Morgan fingerprint density at radius 3 is 2.64 bits per heavy atom. The summed E-state index contributed by atoms with van der Waals surface area (Å²) in [6, 6.07) is 13.6. The number of likely N-dealkylation sites (tertiary alicyclic amines) is 1. The summed E-state index contributed by atoms with van der Waals surface area (Å²) in [5.74, 6) is 1.76. The van der Waals surface area contributed by atoms with Crippen LogP contribution in [0, 0.1) is 6.92 Å². The molecule has 2 fully saturated rings. The summed E-state index contributed by atoms with van der Waals surface area (Å²) in [7, 11) is 0. The Morgan fingerprint density at radius 1 is 1.12 bits per heavy atom. The van der Waals surface area contributed by atoms with E-state index in [-0.39, 0.29) is 0 Å². The first-order valence-electron chi connectivity index (χ1n) is 9.26. The fourth-order valence-electron chi connectivity index (χ4n) is 3.82. The largest absolute Gasteiger partial charge is 0.381 e. The summed E-state index contributed by atoms with van der Waals surface area (Å²) in [5.41, 5.74) is 2.41. The van der Waals surface area contributed by atoms with E-state index in [4.69, 9.17) is 9.72 Å². The van der Waals surface area contributed by atoms with Crippen molar-refractivity contribution in [3.05, 3.63) is 53.5 Å². The second kappa shape index (κ2) is 7.50. The van der Waals surface area contributed by atoms with E-state index in [1.165, 1.54) is 18.5 Å². The van der Waals surface area contributed by atoms with Crippen LogP contribution < -0.4 is 5.32 Å². The highest BCUT2D eigenvalue weighted by Crippen LogP contribution is 2.37. The molecule has 0 bridgehead atoms. The van der Waals surface area contributed by atoms with Crippen LogP contribution >= 0.6 is 0 Å². The lowest BCUT2D eigenvalue weighted by molar-refractivity contribution is -0.0257. The first-order chi connectivity index (χ1) is 12.3. The molecule has 1 atom stereocenters. The zero-order valence-corrected chi connectivity index (χ0v) is 14.8. The average molecular weight is 338 g/mol. The van der Waals surface area contributed by atoms with Crippen LogP contribution in [0.3, 0.4) is 0 Å². The number of hydrogen-bond acceptors (Lipinski definition) is 5. The Hall–Kier alpha value is -1.98. The minimum absolute atomic E-state index is 0.432. The molecule has 2 saturated heterocycles. The Kier molecular flexibility index (Phi) is 4.95. The first kappa shape index (κ1) is 16.5. The summed E-state index contributed by atoms with van der Waals surface area (Å²) in [4.78, 5) is 11.9. The van der Waals surface area contributed by atoms with Crippen LogP contribution in [0.1, 0.15) is 42.4 Å². The van der Waals surface area contributed by atoms with Crippen molar-refractivity contribution in [1.29, 1.82) is 0 Å². The van der Waals surface area contributed by atoms with Gasteiger partial charge in [0.2, 0.25) is 0 Å². The second-order valence-corrected chi connectivity index (χ2v) is 6.95. The van der Waals surface area contributed by atoms with Gasteiger partial charge in [-0.25, -0.2) is 9.97 Å². The van der Waals surface area contributed by atoms with Gasteiger partial charge in [0.1, 0.15) is 11.6 Å². The second-order valence-electron chi connectivity index (χ2n) is 6.95. The quantitative estimate of drug-likeness (QED) is 0.906. The lowest BCUT2D eigenvalue weighted by atomic mass is 9.93. The van der Waals surface area contributed by atoms with Gasteiger partial charge in [0.15, 0.2) is 0 Å². The normalized spacial score (nSPS) is 21.7. The van der Waals surface area contributed by atoms with Crippen molar-refractivity contribution in [3.8, 4) is 0 Å². The van der Waals surface area contributed by atoms with Gasteiger partial charge in [0.25, 0.3) is 0 Å². The first-order valence-corrected chi connectivity index (χ1v) is 9.26. The number of anilines is 1. The molecule has 1 N–H and O–H groups in total. The molecule has 5 nitrogen and oxygen atoms in total. The number of benzene rings is 1. The number of ether oxygens (including phenoxy) is 1. The molecule has 2 aliphatic rings. The summed E-state index contributed by atoms with van der Waals surface area (Å²) >= 11 is 0. The number of aromatic nitrogens is 2. The van der Waals surface area contributed by atoms with E-state index in [0.29, 0.717) is 12.1 Å². The van der Waals surface area contributed by atoms with Crippen LogP contribution in [0.2, 0.25) is 0 Å².